The number of aromatic nitrogens is 1. The molecule has 1 N–H and O–H groups in total. The molecule has 2 aromatic carbocycles. The van der Waals surface area contributed by atoms with Gasteiger partial charge in [-0.05, 0) is 37.3 Å². The molecule has 5 heteroatoms. The average Bonchev–Trinajstić information content (AvgIpc) is 2.56. The quantitative estimate of drug-likeness (QED) is 0.793. The fourth-order valence-corrected chi connectivity index (χ4v) is 2.69. The molecule has 1 heterocycles. The highest BCUT2D eigenvalue weighted by Crippen LogP contribution is 2.18. The first-order valence-electron chi connectivity index (χ1n) is 7.29. The van der Waals surface area contributed by atoms with Crippen LogP contribution in [0.25, 0.3) is 10.9 Å². The van der Waals surface area contributed by atoms with Crippen LogP contribution >= 0.6 is 11.6 Å². The van der Waals surface area contributed by atoms with Gasteiger partial charge in [-0.1, -0.05) is 29.8 Å². The summed E-state index contributed by atoms with van der Waals surface area (Å²) in [4.78, 5) is 25.1. The van der Waals surface area contributed by atoms with Crippen LogP contribution in [0.5, 0.6) is 0 Å². The van der Waals surface area contributed by atoms with Crippen molar-refractivity contribution in [2.75, 3.05) is 5.32 Å². The zero-order chi connectivity index (χ0) is 16.4. The van der Waals surface area contributed by atoms with E-state index in [1.54, 1.807) is 36.5 Å². The summed E-state index contributed by atoms with van der Waals surface area (Å²) < 4.78 is 1.87. The summed E-state index contributed by atoms with van der Waals surface area (Å²) >= 11 is 6.00. The lowest BCUT2D eigenvalue weighted by molar-refractivity contribution is 0.102. The predicted octanol–water partition coefficient (Wildman–Crippen LogP) is 3.93. The van der Waals surface area contributed by atoms with Crippen molar-refractivity contribution < 1.29 is 4.79 Å². The maximum absolute atomic E-state index is 12.6. The molecule has 0 aliphatic rings. The van der Waals surface area contributed by atoms with E-state index in [1.807, 2.05) is 29.7 Å². The van der Waals surface area contributed by atoms with Crippen LogP contribution in [0.15, 0.2) is 59.5 Å². The van der Waals surface area contributed by atoms with E-state index in [1.165, 1.54) is 0 Å². The van der Waals surface area contributed by atoms with E-state index in [0.717, 1.165) is 5.52 Å². The van der Waals surface area contributed by atoms with Gasteiger partial charge >= 0.3 is 0 Å². The van der Waals surface area contributed by atoms with Gasteiger partial charge in [-0.3, -0.25) is 9.59 Å². The number of rotatable bonds is 3. The van der Waals surface area contributed by atoms with Crippen molar-refractivity contribution in [3.8, 4) is 0 Å². The van der Waals surface area contributed by atoms with Gasteiger partial charge in [0, 0.05) is 28.8 Å². The van der Waals surface area contributed by atoms with E-state index in [-0.39, 0.29) is 11.0 Å². The highest BCUT2D eigenvalue weighted by Gasteiger charge is 2.15. The van der Waals surface area contributed by atoms with Crippen LogP contribution in [0.4, 0.5) is 5.69 Å². The molecule has 0 unspecified atom stereocenters. The standard InChI is InChI=1S/C18H15ClN2O2/c1-2-21-11-15(18(23)20-13-6-4-3-5-7-13)17(22)14-10-12(19)8-9-16(14)21/h3-11H,2H2,1H3,(H,20,23). The lowest BCUT2D eigenvalue weighted by Crippen LogP contribution is -2.23. The molecule has 0 spiro atoms. The van der Waals surface area contributed by atoms with Crippen LogP contribution in [0.1, 0.15) is 17.3 Å². The Bertz CT molecular complexity index is 933. The number of halogens is 1. The molecule has 1 aromatic heterocycles. The van der Waals surface area contributed by atoms with Crippen LogP contribution in [0.2, 0.25) is 5.02 Å². The molecule has 3 rings (SSSR count). The first-order valence-corrected chi connectivity index (χ1v) is 7.67. The van der Waals surface area contributed by atoms with Crippen LogP contribution in [0.3, 0.4) is 0 Å². The number of benzene rings is 2. The maximum Gasteiger partial charge on any atom is 0.261 e. The molecule has 4 nitrogen and oxygen atoms in total. The van der Waals surface area contributed by atoms with Crippen LogP contribution in [0, 0.1) is 0 Å². The zero-order valence-corrected chi connectivity index (χ0v) is 13.3. The van der Waals surface area contributed by atoms with Gasteiger partial charge < -0.3 is 9.88 Å². The Morgan fingerprint density at radius 2 is 1.91 bits per heavy atom. The number of hydrogen-bond acceptors (Lipinski definition) is 2. The fourth-order valence-electron chi connectivity index (χ4n) is 2.51. The first-order chi connectivity index (χ1) is 11.1. The summed E-state index contributed by atoms with van der Waals surface area (Å²) in [5, 5.41) is 3.66. The Morgan fingerprint density at radius 3 is 2.61 bits per heavy atom. The van der Waals surface area contributed by atoms with Crippen molar-refractivity contribution in [2.24, 2.45) is 0 Å². The minimum atomic E-state index is -0.426. The second-order valence-electron chi connectivity index (χ2n) is 5.14. The third-order valence-electron chi connectivity index (χ3n) is 3.66. The minimum absolute atomic E-state index is 0.102. The van der Waals surface area contributed by atoms with Gasteiger partial charge in [0.1, 0.15) is 5.56 Å². The molecule has 0 saturated carbocycles. The molecular formula is C18H15ClN2O2. The number of amides is 1. The molecular weight excluding hydrogens is 312 g/mol. The van der Waals surface area contributed by atoms with Gasteiger partial charge in [0.05, 0.1) is 5.52 Å². The second kappa shape index (κ2) is 6.26. The van der Waals surface area contributed by atoms with E-state index < -0.39 is 5.91 Å². The van der Waals surface area contributed by atoms with Gasteiger partial charge in [-0.25, -0.2) is 0 Å². The molecule has 0 aliphatic carbocycles. The predicted molar refractivity (Wildman–Crippen MR) is 93.3 cm³/mol. The van der Waals surface area contributed by atoms with E-state index in [0.29, 0.717) is 22.6 Å². The molecule has 0 bridgehead atoms. The number of hydrogen-bond donors (Lipinski definition) is 1. The molecule has 0 saturated heterocycles. The Morgan fingerprint density at radius 1 is 1.17 bits per heavy atom. The first kappa shape index (κ1) is 15.3. The number of aryl methyl sites for hydroxylation is 1. The Labute approximate surface area is 138 Å². The number of carbonyl (C=O) groups excluding carboxylic acids is 1. The lowest BCUT2D eigenvalue weighted by atomic mass is 10.1. The number of nitrogens with one attached hydrogen (secondary N) is 1. The maximum atomic E-state index is 12.6. The van der Waals surface area contributed by atoms with Crippen LogP contribution < -0.4 is 10.7 Å². The summed E-state index contributed by atoms with van der Waals surface area (Å²) in [5.41, 5.74) is 1.19. The highest BCUT2D eigenvalue weighted by atomic mass is 35.5. The Kier molecular flexibility index (Phi) is 4.17. The average molecular weight is 327 g/mol. The van der Waals surface area contributed by atoms with Crippen molar-refractivity contribution in [1.29, 1.82) is 0 Å². The zero-order valence-electron chi connectivity index (χ0n) is 12.5. The number of fused-ring (bicyclic) bond motifs is 1. The number of carbonyl (C=O) groups is 1. The van der Waals surface area contributed by atoms with Crippen LogP contribution in [-0.2, 0) is 6.54 Å². The molecule has 116 valence electrons. The van der Waals surface area contributed by atoms with Crippen molar-refractivity contribution in [1.82, 2.24) is 4.57 Å². The normalized spacial score (nSPS) is 10.7. The fraction of sp³-hybridized carbons (Fsp3) is 0.111. The number of anilines is 1. The summed E-state index contributed by atoms with van der Waals surface area (Å²) in [6.45, 7) is 2.60. The van der Waals surface area contributed by atoms with Crippen LogP contribution in [-0.4, -0.2) is 10.5 Å². The van der Waals surface area contributed by atoms with Crippen molar-refractivity contribution in [3.63, 3.8) is 0 Å². The molecule has 0 radical (unpaired) electrons. The largest absolute Gasteiger partial charge is 0.347 e. The third kappa shape index (κ3) is 2.98. The topological polar surface area (TPSA) is 51.1 Å². The number of pyridine rings is 1. The van der Waals surface area contributed by atoms with Gasteiger partial charge in [0.25, 0.3) is 5.91 Å². The molecule has 1 amide bonds. The van der Waals surface area contributed by atoms with Crippen molar-refractivity contribution in [3.05, 3.63) is 75.5 Å². The second-order valence-corrected chi connectivity index (χ2v) is 5.58. The summed E-state index contributed by atoms with van der Waals surface area (Å²) in [6, 6.07) is 14.2. The van der Waals surface area contributed by atoms with E-state index in [2.05, 4.69) is 5.32 Å². The van der Waals surface area contributed by atoms with E-state index in [4.69, 9.17) is 11.6 Å². The molecule has 0 atom stereocenters. The van der Waals surface area contributed by atoms with E-state index >= 15 is 0 Å². The molecule has 3 aromatic rings. The van der Waals surface area contributed by atoms with Gasteiger partial charge in [0.15, 0.2) is 0 Å². The van der Waals surface area contributed by atoms with Gasteiger partial charge in [-0.15, -0.1) is 0 Å². The lowest BCUT2D eigenvalue weighted by Gasteiger charge is -2.12. The van der Waals surface area contributed by atoms with E-state index in [9.17, 15) is 9.59 Å². The third-order valence-corrected chi connectivity index (χ3v) is 3.89. The summed E-state index contributed by atoms with van der Waals surface area (Å²) in [7, 11) is 0. The molecule has 0 aliphatic heterocycles. The minimum Gasteiger partial charge on any atom is -0.347 e. The SMILES string of the molecule is CCn1cc(C(=O)Nc2ccccc2)c(=O)c2cc(Cl)ccc21. The van der Waals surface area contributed by atoms with Crippen molar-refractivity contribution >= 4 is 34.1 Å². The highest BCUT2D eigenvalue weighted by molar-refractivity contribution is 6.31. The smallest absolute Gasteiger partial charge is 0.261 e. The molecule has 23 heavy (non-hydrogen) atoms. The molecule has 0 fully saturated rings. The number of para-hydroxylation sites is 1. The Hall–Kier alpha value is -2.59. The Balaban J connectivity index is 2.12. The van der Waals surface area contributed by atoms with Gasteiger partial charge in [0.2, 0.25) is 5.43 Å². The number of nitrogens with zero attached hydrogens (tertiary/aromatic N) is 1. The monoisotopic (exact) mass is 326 g/mol. The van der Waals surface area contributed by atoms with Crippen molar-refractivity contribution in [2.45, 2.75) is 13.5 Å². The summed E-state index contributed by atoms with van der Waals surface area (Å²) in [6.07, 6.45) is 1.59. The summed E-state index contributed by atoms with van der Waals surface area (Å²) in [5.74, 6) is -0.426. The van der Waals surface area contributed by atoms with Gasteiger partial charge in [-0.2, -0.15) is 0 Å².